The van der Waals surface area contributed by atoms with Gasteiger partial charge in [0.05, 0.1) is 4.92 Å². The second kappa shape index (κ2) is 5.23. The van der Waals surface area contributed by atoms with Crippen molar-refractivity contribution in [2.75, 3.05) is 0 Å². The average molecular weight is 259 g/mol. The van der Waals surface area contributed by atoms with Crippen LogP contribution in [0, 0.1) is 24.0 Å². The van der Waals surface area contributed by atoms with E-state index in [4.69, 9.17) is 0 Å². The summed E-state index contributed by atoms with van der Waals surface area (Å²) in [5, 5.41) is 10.6. The van der Waals surface area contributed by atoms with Crippen molar-refractivity contribution in [3.63, 3.8) is 0 Å². The summed E-state index contributed by atoms with van der Waals surface area (Å²) >= 11 is 1.63. The molecule has 2 aromatic carbocycles. The largest absolute Gasteiger partial charge is 0.269 e. The third-order valence-corrected chi connectivity index (χ3v) is 3.79. The van der Waals surface area contributed by atoms with Gasteiger partial charge >= 0.3 is 0 Å². The first-order valence-corrected chi connectivity index (χ1v) is 6.37. The average Bonchev–Trinajstić information content (AvgIpc) is 2.34. The lowest BCUT2D eigenvalue weighted by molar-refractivity contribution is -0.384. The molecule has 0 saturated carbocycles. The molecule has 3 nitrogen and oxygen atoms in total. The zero-order valence-corrected chi connectivity index (χ0v) is 11.0. The highest BCUT2D eigenvalue weighted by Gasteiger charge is 2.06. The minimum absolute atomic E-state index is 0.125. The van der Waals surface area contributed by atoms with Crippen LogP contribution >= 0.6 is 11.8 Å². The Kier molecular flexibility index (Phi) is 3.67. The lowest BCUT2D eigenvalue weighted by Gasteiger charge is -2.06. The molecule has 18 heavy (non-hydrogen) atoms. The van der Waals surface area contributed by atoms with Gasteiger partial charge in [0.1, 0.15) is 0 Å². The molecule has 0 heterocycles. The molecule has 0 aliphatic heterocycles. The van der Waals surface area contributed by atoms with Crippen LogP contribution < -0.4 is 0 Å². The van der Waals surface area contributed by atoms with Crippen molar-refractivity contribution in [3.05, 3.63) is 63.7 Å². The number of nitrogens with zero attached hydrogens (tertiary/aromatic N) is 1. The number of nitro groups is 1. The standard InChI is InChI=1S/C14H13NO2S/c1-10-3-4-11(2)14(9-10)18-13-7-5-12(6-8-13)15(16)17/h3-9H,1-2H3. The van der Waals surface area contributed by atoms with Crippen LogP contribution in [0.15, 0.2) is 52.3 Å². The summed E-state index contributed by atoms with van der Waals surface area (Å²) in [4.78, 5) is 12.4. The van der Waals surface area contributed by atoms with E-state index in [0.717, 1.165) is 4.90 Å². The molecule has 0 N–H and O–H groups in total. The first-order chi connectivity index (χ1) is 8.56. The third-order valence-electron chi connectivity index (χ3n) is 2.62. The van der Waals surface area contributed by atoms with Crippen LogP contribution in [0.5, 0.6) is 0 Å². The SMILES string of the molecule is Cc1ccc(C)c(Sc2ccc([N+](=O)[O-])cc2)c1. The maximum atomic E-state index is 10.6. The van der Waals surface area contributed by atoms with E-state index >= 15 is 0 Å². The molecule has 0 aliphatic carbocycles. The van der Waals surface area contributed by atoms with Crippen molar-refractivity contribution in [1.82, 2.24) is 0 Å². The Bertz CT molecular complexity index is 579. The van der Waals surface area contributed by atoms with Gasteiger partial charge in [0, 0.05) is 21.9 Å². The molecule has 0 amide bonds. The predicted molar refractivity (Wildman–Crippen MR) is 73.1 cm³/mol. The van der Waals surface area contributed by atoms with Crippen molar-refractivity contribution in [2.45, 2.75) is 23.6 Å². The molecule has 0 bridgehead atoms. The molecule has 0 radical (unpaired) electrons. The van der Waals surface area contributed by atoms with Crippen molar-refractivity contribution in [1.29, 1.82) is 0 Å². The fourth-order valence-electron chi connectivity index (χ4n) is 1.58. The molecule has 0 aliphatic rings. The summed E-state index contributed by atoms with van der Waals surface area (Å²) in [6.07, 6.45) is 0. The van der Waals surface area contributed by atoms with Gasteiger partial charge in [-0.25, -0.2) is 0 Å². The monoisotopic (exact) mass is 259 g/mol. The Morgan fingerprint density at radius 1 is 1.06 bits per heavy atom. The van der Waals surface area contributed by atoms with Gasteiger partial charge in [-0.1, -0.05) is 23.9 Å². The Morgan fingerprint density at radius 2 is 1.72 bits per heavy atom. The molecule has 4 heteroatoms. The minimum Gasteiger partial charge on any atom is -0.258 e. The molecule has 0 spiro atoms. The van der Waals surface area contributed by atoms with E-state index in [9.17, 15) is 10.1 Å². The highest BCUT2D eigenvalue weighted by Crippen LogP contribution is 2.31. The molecule has 0 atom stereocenters. The molecular formula is C14H13NO2S. The van der Waals surface area contributed by atoms with Gasteiger partial charge in [0.15, 0.2) is 0 Å². The molecule has 0 fully saturated rings. The minimum atomic E-state index is -0.383. The first kappa shape index (κ1) is 12.6. The van der Waals surface area contributed by atoms with Gasteiger partial charge in [-0.2, -0.15) is 0 Å². The smallest absolute Gasteiger partial charge is 0.258 e. The van der Waals surface area contributed by atoms with E-state index in [1.54, 1.807) is 23.9 Å². The van der Waals surface area contributed by atoms with Crippen LogP contribution in [0.1, 0.15) is 11.1 Å². The number of nitro benzene ring substituents is 1. The van der Waals surface area contributed by atoms with Gasteiger partial charge in [0.25, 0.3) is 5.69 Å². The van der Waals surface area contributed by atoms with Crippen LogP contribution in [0.3, 0.4) is 0 Å². The summed E-state index contributed by atoms with van der Waals surface area (Å²) < 4.78 is 0. The van der Waals surface area contributed by atoms with Gasteiger partial charge in [-0.15, -0.1) is 0 Å². The predicted octanol–water partition coefficient (Wildman–Crippen LogP) is 4.36. The Morgan fingerprint density at radius 3 is 2.33 bits per heavy atom. The normalized spacial score (nSPS) is 10.3. The van der Waals surface area contributed by atoms with Gasteiger partial charge in [0.2, 0.25) is 0 Å². The highest BCUT2D eigenvalue weighted by molar-refractivity contribution is 7.99. The maximum Gasteiger partial charge on any atom is 0.269 e. The number of hydrogen-bond donors (Lipinski definition) is 0. The summed E-state index contributed by atoms with van der Waals surface area (Å²) in [7, 11) is 0. The number of rotatable bonds is 3. The van der Waals surface area contributed by atoms with Gasteiger partial charge in [-0.3, -0.25) is 10.1 Å². The number of hydrogen-bond acceptors (Lipinski definition) is 3. The summed E-state index contributed by atoms with van der Waals surface area (Å²) in [6.45, 7) is 4.12. The molecule has 0 saturated heterocycles. The van der Waals surface area contributed by atoms with E-state index in [1.165, 1.54) is 28.2 Å². The highest BCUT2D eigenvalue weighted by atomic mass is 32.2. The van der Waals surface area contributed by atoms with Crippen molar-refractivity contribution in [2.24, 2.45) is 0 Å². The Labute approximate surface area is 110 Å². The zero-order valence-electron chi connectivity index (χ0n) is 10.2. The van der Waals surface area contributed by atoms with Crippen molar-refractivity contribution in [3.8, 4) is 0 Å². The van der Waals surface area contributed by atoms with E-state index in [1.807, 2.05) is 0 Å². The summed E-state index contributed by atoms with van der Waals surface area (Å²) in [6, 6.07) is 12.9. The molecule has 2 rings (SSSR count). The fraction of sp³-hybridized carbons (Fsp3) is 0.143. The van der Waals surface area contributed by atoms with E-state index < -0.39 is 0 Å². The molecule has 2 aromatic rings. The van der Waals surface area contributed by atoms with Crippen LogP contribution in [0.4, 0.5) is 5.69 Å². The van der Waals surface area contributed by atoms with E-state index in [-0.39, 0.29) is 10.6 Å². The third kappa shape index (κ3) is 2.90. The van der Waals surface area contributed by atoms with Crippen molar-refractivity contribution >= 4 is 17.4 Å². The molecule has 0 aromatic heterocycles. The fourth-order valence-corrected chi connectivity index (χ4v) is 2.58. The Balaban J connectivity index is 2.23. The second-order valence-electron chi connectivity index (χ2n) is 4.12. The summed E-state index contributed by atoms with van der Waals surface area (Å²) in [5.74, 6) is 0. The van der Waals surface area contributed by atoms with Crippen LogP contribution in [-0.4, -0.2) is 4.92 Å². The summed E-state index contributed by atoms with van der Waals surface area (Å²) in [5.41, 5.74) is 2.55. The number of aryl methyl sites for hydroxylation is 2. The van der Waals surface area contributed by atoms with Crippen LogP contribution in [0.2, 0.25) is 0 Å². The zero-order chi connectivity index (χ0) is 13.1. The first-order valence-electron chi connectivity index (χ1n) is 5.56. The molecule has 0 unspecified atom stereocenters. The lowest BCUT2D eigenvalue weighted by Crippen LogP contribution is -1.87. The maximum absolute atomic E-state index is 10.6. The van der Waals surface area contributed by atoms with E-state index in [2.05, 4.69) is 32.0 Å². The molecule has 92 valence electrons. The molecular weight excluding hydrogens is 246 g/mol. The van der Waals surface area contributed by atoms with Gasteiger partial charge in [-0.05, 0) is 43.2 Å². The van der Waals surface area contributed by atoms with E-state index in [0.29, 0.717) is 0 Å². The Hall–Kier alpha value is -1.81. The topological polar surface area (TPSA) is 43.1 Å². The van der Waals surface area contributed by atoms with Crippen LogP contribution in [0.25, 0.3) is 0 Å². The number of non-ortho nitro benzene ring substituents is 1. The quantitative estimate of drug-likeness (QED) is 0.607. The van der Waals surface area contributed by atoms with Crippen molar-refractivity contribution < 1.29 is 4.92 Å². The number of benzene rings is 2. The second-order valence-corrected chi connectivity index (χ2v) is 5.24. The van der Waals surface area contributed by atoms with Crippen LogP contribution in [-0.2, 0) is 0 Å². The lowest BCUT2D eigenvalue weighted by atomic mass is 10.2. The van der Waals surface area contributed by atoms with Gasteiger partial charge < -0.3 is 0 Å².